The number of carbonyl (C=O) groups excluding carboxylic acids is 1. The van der Waals surface area contributed by atoms with Gasteiger partial charge in [-0.05, 0) is 47.4 Å². The van der Waals surface area contributed by atoms with Gasteiger partial charge < -0.3 is 9.40 Å². The summed E-state index contributed by atoms with van der Waals surface area (Å²) >= 11 is 0. The number of fused-ring (bicyclic) bond motifs is 1. The van der Waals surface area contributed by atoms with Gasteiger partial charge in [0.25, 0.3) is 11.8 Å². The molecule has 9 heteroatoms. The van der Waals surface area contributed by atoms with E-state index in [-0.39, 0.29) is 17.7 Å². The average Bonchev–Trinajstić information content (AvgIpc) is 3.46. The van der Waals surface area contributed by atoms with Gasteiger partial charge in [0.1, 0.15) is 0 Å². The summed E-state index contributed by atoms with van der Waals surface area (Å²) in [5.74, 6) is -0.665. The molecule has 0 bridgehead atoms. The lowest BCUT2D eigenvalue weighted by Crippen LogP contribution is -2.22. The number of amides is 1. The van der Waals surface area contributed by atoms with E-state index >= 15 is 0 Å². The molecule has 0 unspecified atom stereocenters. The number of halogens is 2. The smallest absolute Gasteiger partial charge is 0.314 e. The van der Waals surface area contributed by atoms with Crippen molar-refractivity contribution in [1.82, 2.24) is 20.2 Å². The molecule has 0 spiro atoms. The Balaban J connectivity index is 1.52. The number of aromatic nitrogens is 3. The zero-order valence-corrected chi connectivity index (χ0v) is 17.7. The molecule has 1 N–H and O–H groups in total. The van der Waals surface area contributed by atoms with Crippen LogP contribution in [0.25, 0.3) is 22.4 Å². The molecule has 4 aromatic rings. The molecular weight excluding hydrogens is 416 g/mol. The van der Waals surface area contributed by atoms with Crippen molar-refractivity contribution in [2.75, 3.05) is 7.05 Å². The Bertz CT molecular complexity index is 1280. The highest BCUT2D eigenvalue weighted by Gasteiger charge is 2.18. The second-order valence-electron chi connectivity index (χ2n) is 7.61. The third-order valence-corrected chi connectivity index (χ3v) is 5.04. The molecule has 0 fully saturated rings. The molecule has 2 aromatic heterocycles. The molecule has 2 aromatic carbocycles. The molecule has 2 heterocycles. The van der Waals surface area contributed by atoms with Gasteiger partial charge in [-0.25, -0.2) is 5.01 Å². The van der Waals surface area contributed by atoms with Crippen molar-refractivity contribution in [3.8, 4) is 11.5 Å². The maximum absolute atomic E-state index is 13.1. The molecule has 0 saturated carbocycles. The molecule has 0 radical (unpaired) electrons. The lowest BCUT2D eigenvalue weighted by Gasteiger charge is -2.14. The van der Waals surface area contributed by atoms with Crippen LogP contribution in [0.5, 0.6) is 0 Å². The Kier molecular flexibility index (Phi) is 5.81. The van der Waals surface area contributed by atoms with Gasteiger partial charge >= 0.3 is 6.43 Å². The number of aromatic amines is 1. The summed E-state index contributed by atoms with van der Waals surface area (Å²) in [6, 6.07) is 12.6. The van der Waals surface area contributed by atoms with Gasteiger partial charge in [0.2, 0.25) is 5.89 Å². The fourth-order valence-electron chi connectivity index (χ4n) is 3.23. The van der Waals surface area contributed by atoms with E-state index in [4.69, 9.17) is 4.42 Å². The third kappa shape index (κ3) is 4.27. The Morgan fingerprint density at radius 2 is 1.91 bits per heavy atom. The topological polar surface area (TPSA) is 87.4 Å². The first-order chi connectivity index (χ1) is 15.3. The predicted octanol–water partition coefficient (Wildman–Crippen LogP) is 5.39. The summed E-state index contributed by atoms with van der Waals surface area (Å²) in [6.07, 6.45) is 0.534. The van der Waals surface area contributed by atoms with Crippen molar-refractivity contribution in [2.24, 2.45) is 5.10 Å². The van der Waals surface area contributed by atoms with Crippen LogP contribution in [0.4, 0.5) is 8.78 Å². The van der Waals surface area contributed by atoms with E-state index in [2.05, 4.69) is 40.2 Å². The second kappa shape index (κ2) is 8.70. The monoisotopic (exact) mass is 437 g/mol. The molecule has 4 rings (SSSR count). The number of carbonyl (C=O) groups is 1. The van der Waals surface area contributed by atoms with E-state index in [1.807, 2.05) is 18.3 Å². The number of hydrogen-bond acceptors (Lipinski definition) is 5. The molecular formula is C23H21F2N5O2. The van der Waals surface area contributed by atoms with Gasteiger partial charge in [-0.3, -0.25) is 4.79 Å². The number of benzene rings is 2. The predicted molar refractivity (Wildman–Crippen MR) is 117 cm³/mol. The number of alkyl halides is 2. The van der Waals surface area contributed by atoms with Crippen LogP contribution in [-0.4, -0.2) is 39.4 Å². The minimum absolute atomic E-state index is 0.0103. The van der Waals surface area contributed by atoms with Gasteiger partial charge in [0.15, 0.2) is 0 Å². The van der Waals surface area contributed by atoms with E-state index in [0.717, 1.165) is 16.5 Å². The lowest BCUT2D eigenvalue weighted by molar-refractivity contribution is 0.0802. The SMILES string of the molecule is CC(C)c1cc(C(=O)N(C)/N=C/c2ccc(-c3nnc(C(F)F)o3)cc2)c2[nH]ccc2c1. The van der Waals surface area contributed by atoms with Gasteiger partial charge in [-0.1, -0.05) is 26.0 Å². The fraction of sp³-hybridized carbons (Fsp3) is 0.217. The van der Waals surface area contributed by atoms with Gasteiger partial charge in [-0.2, -0.15) is 13.9 Å². The molecule has 7 nitrogen and oxygen atoms in total. The first-order valence-electron chi connectivity index (χ1n) is 9.98. The van der Waals surface area contributed by atoms with Crippen LogP contribution in [0.2, 0.25) is 0 Å². The van der Waals surface area contributed by atoms with Crippen molar-refractivity contribution in [3.05, 3.63) is 71.2 Å². The molecule has 0 saturated heterocycles. The minimum Gasteiger partial charge on any atom is -0.415 e. The summed E-state index contributed by atoms with van der Waals surface area (Å²) in [6.45, 7) is 4.16. The Morgan fingerprint density at radius 3 is 2.56 bits per heavy atom. The van der Waals surface area contributed by atoms with Crippen LogP contribution < -0.4 is 0 Å². The quantitative estimate of drug-likeness (QED) is 0.324. The summed E-state index contributed by atoms with van der Waals surface area (Å²) in [4.78, 5) is 16.2. The fourth-order valence-corrected chi connectivity index (χ4v) is 3.23. The summed E-state index contributed by atoms with van der Waals surface area (Å²) < 4.78 is 30.2. The highest BCUT2D eigenvalue weighted by molar-refractivity contribution is 6.06. The van der Waals surface area contributed by atoms with E-state index in [1.54, 1.807) is 31.3 Å². The maximum Gasteiger partial charge on any atom is 0.314 e. The molecule has 0 aliphatic carbocycles. The molecule has 1 amide bonds. The largest absolute Gasteiger partial charge is 0.415 e. The van der Waals surface area contributed by atoms with Crippen LogP contribution in [0, 0.1) is 0 Å². The number of nitrogens with zero attached hydrogens (tertiary/aromatic N) is 4. The molecule has 0 aliphatic rings. The normalized spacial score (nSPS) is 11.8. The van der Waals surface area contributed by atoms with Crippen molar-refractivity contribution >= 4 is 23.0 Å². The van der Waals surface area contributed by atoms with Crippen LogP contribution >= 0.6 is 0 Å². The molecule has 0 aliphatic heterocycles. The van der Waals surface area contributed by atoms with Crippen molar-refractivity contribution in [1.29, 1.82) is 0 Å². The van der Waals surface area contributed by atoms with E-state index in [9.17, 15) is 13.6 Å². The van der Waals surface area contributed by atoms with Gasteiger partial charge in [-0.15, -0.1) is 10.2 Å². The van der Waals surface area contributed by atoms with Crippen molar-refractivity contribution in [3.63, 3.8) is 0 Å². The average molecular weight is 437 g/mol. The van der Waals surface area contributed by atoms with Crippen LogP contribution in [-0.2, 0) is 0 Å². The molecule has 164 valence electrons. The minimum atomic E-state index is -2.82. The zero-order chi connectivity index (χ0) is 22.8. The van der Waals surface area contributed by atoms with E-state index < -0.39 is 12.3 Å². The van der Waals surface area contributed by atoms with Crippen molar-refractivity contribution in [2.45, 2.75) is 26.2 Å². The lowest BCUT2D eigenvalue weighted by atomic mass is 9.98. The number of hydrazone groups is 1. The number of nitrogens with one attached hydrogen (secondary N) is 1. The third-order valence-electron chi connectivity index (χ3n) is 5.04. The number of hydrogen-bond donors (Lipinski definition) is 1. The summed E-state index contributed by atoms with van der Waals surface area (Å²) in [7, 11) is 1.59. The zero-order valence-electron chi connectivity index (χ0n) is 17.7. The first-order valence-corrected chi connectivity index (χ1v) is 9.98. The Labute approximate surface area is 182 Å². The standard InChI is InChI=1S/C23H21F2N5O2/c1-13(2)17-10-16-8-9-26-19(16)18(11-17)23(31)30(3)27-12-14-4-6-15(7-5-14)21-28-29-22(32-21)20(24)25/h4-13,20,26H,1-3H3/b27-12+. The van der Waals surface area contributed by atoms with E-state index in [0.29, 0.717) is 16.7 Å². The maximum atomic E-state index is 13.1. The van der Waals surface area contributed by atoms with Crippen molar-refractivity contribution < 1.29 is 18.0 Å². The van der Waals surface area contributed by atoms with Crippen LogP contribution in [0.1, 0.15) is 53.6 Å². The van der Waals surface area contributed by atoms with Gasteiger partial charge in [0, 0.05) is 24.2 Å². The summed E-state index contributed by atoms with van der Waals surface area (Å²) in [5, 5.41) is 13.5. The highest BCUT2D eigenvalue weighted by atomic mass is 19.3. The second-order valence-corrected chi connectivity index (χ2v) is 7.61. The van der Waals surface area contributed by atoms with Crippen LogP contribution in [0.3, 0.4) is 0 Å². The first kappa shape index (κ1) is 21.4. The van der Waals surface area contributed by atoms with Gasteiger partial charge in [0.05, 0.1) is 17.3 Å². The Hall–Kier alpha value is -3.88. The summed E-state index contributed by atoms with van der Waals surface area (Å²) in [5.41, 5.74) is 3.61. The highest BCUT2D eigenvalue weighted by Crippen LogP contribution is 2.26. The number of rotatable bonds is 6. The molecule has 32 heavy (non-hydrogen) atoms. The van der Waals surface area contributed by atoms with Crippen LogP contribution in [0.15, 0.2) is 58.2 Å². The molecule has 0 atom stereocenters. The van der Waals surface area contributed by atoms with E-state index in [1.165, 1.54) is 11.2 Å². The number of H-pyrrole nitrogens is 1. The Morgan fingerprint density at radius 1 is 1.16 bits per heavy atom.